The highest BCUT2D eigenvalue weighted by Gasteiger charge is 2.43. The summed E-state index contributed by atoms with van der Waals surface area (Å²) >= 11 is 6.36. The van der Waals surface area contributed by atoms with Gasteiger partial charge in [-0.1, -0.05) is 35.9 Å². The maximum atomic E-state index is 13.2. The van der Waals surface area contributed by atoms with Gasteiger partial charge in [-0.25, -0.2) is 0 Å². The normalized spacial score (nSPS) is 21.4. The van der Waals surface area contributed by atoms with Crippen LogP contribution in [0.5, 0.6) is 5.75 Å². The van der Waals surface area contributed by atoms with Crippen molar-refractivity contribution < 1.29 is 19.7 Å². The second-order valence-electron chi connectivity index (χ2n) is 9.31. The van der Waals surface area contributed by atoms with Crippen molar-refractivity contribution in [1.29, 1.82) is 0 Å². The maximum absolute atomic E-state index is 13.2. The van der Waals surface area contributed by atoms with E-state index in [4.69, 9.17) is 16.3 Å². The Morgan fingerprint density at radius 2 is 1.94 bits per heavy atom. The number of hydrogen-bond donors (Lipinski definition) is 2. The van der Waals surface area contributed by atoms with Crippen LogP contribution in [0.4, 0.5) is 0 Å². The summed E-state index contributed by atoms with van der Waals surface area (Å²) in [5, 5.41) is 20.1. The Bertz CT molecular complexity index is 999. The van der Waals surface area contributed by atoms with Crippen LogP contribution in [0.15, 0.2) is 42.5 Å². The number of phenolic OH excluding ortho intramolecular Hbond substituents is 1. The van der Waals surface area contributed by atoms with E-state index >= 15 is 0 Å². The molecule has 0 saturated carbocycles. The van der Waals surface area contributed by atoms with Crippen LogP contribution in [0.2, 0.25) is 5.02 Å². The Balaban J connectivity index is 1.29. The number of carbonyl (C=O) groups is 1. The van der Waals surface area contributed by atoms with Crippen molar-refractivity contribution in [1.82, 2.24) is 9.80 Å². The zero-order valence-corrected chi connectivity index (χ0v) is 18.8. The number of nitrogens with zero attached hydrogens (tertiary/aromatic N) is 2. The third-order valence-electron chi connectivity index (χ3n) is 7.17. The van der Waals surface area contributed by atoms with Crippen LogP contribution in [0.25, 0.3) is 0 Å². The van der Waals surface area contributed by atoms with Crippen LogP contribution < -0.4 is 0 Å². The van der Waals surface area contributed by atoms with Gasteiger partial charge in [0.05, 0.1) is 24.2 Å². The molecule has 0 aliphatic carbocycles. The summed E-state index contributed by atoms with van der Waals surface area (Å²) < 4.78 is 6.28. The van der Waals surface area contributed by atoms with Crippen molar-refractivity contribution in [2.45, 2.75) is 37.6 Å². The van der Waals surface area contributed by atoms with Gasteiger partial charge in [0, 0.05) is 37.7 Å². The van der Waals surface area contributed by atoms with Gasteiger partial charge in [0.1, 0.15) is 5.75 Å². The predicted molar refractivity (Wildman–Crippen MR) is 121 cm³/mol. The van der Waals surface area contributed by atoms with Crippen LogP contribution in [-0.4, -0.2) is 64.7 Å². The first kappa shape index (κ1) is 21.7. The van der Waals surface area contributed by atoms with Gasteiger partial charge >= 0.3 is 0 Å². The largest absolute Gasteiger partial charge is 0.508 e. The highest BCUT2D eigenvalue weighted by atomic mass is 35.5. The van der Waals surface area contributed by atoms with Gasteiger partial charge in [0.15, 0.2) is 0 Å². The van der Waals surface area contributed by atoms with Gasteiger partial charge in [-0.3, -0.25) is 4.79 Å². The average molecular weight is 457 g/mol. The fourth-order valence-electron chi connectivity index (χ4n) is 5.31. The monoisotopic (exact) mass is 456 g/mol. The molecule has 2 fully saturated rings. The lowest BCUT2D eigenvalue weighted by Crippen LogP contribution is -2.57. The molecule has 3 aliphatic rings. The van der Waals surface area contributed by atoms with Crippen molar-refractivity contribution in [2.24, 2.45) is 5.92 Å². The van der Waals surface area contributed by atoms with E-state index in [9.17, 15) is 15.0 Å². The van der Waals surface area contributed by atoms with Crippen molar-refractivity contribution in [3.8, 4) is 5.75 Å². The Hall–Kier alpha value is -2.12. The topological polar surface area (TPSA) is 73.2 Å². The minimum absolute atomic E-state index is 0.0393. The number of halogens is 1. The van der Waals surface area contributed by atoms with E-state index in [0.29, 0.717) is 37.7 Å². The molecule has 1 atom stereocenters. The molecular formula is C25H29ClN2O4. The van der Waals surface area contributed by atoms with E-state index in [1.54, 1.807) is 23.1 Å². The number of fused-ring (bicyclic) bond motifs is 2. The van der Waals surface area contributed by atoms with Gasteiger partial charge in [-0.05, 0) is 54.2 Å². The second-order valence-corrected chi connectivity index (χ2v) is 9.72. The average Bonchev–Trinajstić information content (AvgIpc) is 3.13. The molecule has 5 rings (SSSR count). The molecule has 6 nitrogen and oxygen atoms in total. The van der Waals surface area contributed by atoms with Crippen LogP contribution in [0.1, 0.15) is 29.5 Å². The number of ether oxygens (including phenoxy) is 1. The Labute approximate surface area is 193 Å². The number of amides is 1. The third-order valence-corrected chi connectivity index (χ3v) is 7.54. The lowest BCUT2D eigenvalue weighted by molar-refractivity contribution is -0.147. The number of benzene rings is 2. The summed E-state index contributed by atoms with van der Waals surface area (Å²) in [5.74, 6) is -0.1000. The molecule has 0 bridgehead atoms. The van der Waals surface area contributed by atoms with E-state index in [0.717, 1.165) is 31.5 Å². The number of rotatable bonds is 5. The first-order valence-corrected chi connectivity index (χ1v) is 11.7. The van der Waals surface area contributed by atoms with E-state index in [2.05, 4.69) is 29.2 Å². The molecule has 1 amide bonds. The number of hydrogen-bond acceptors (Lipinski definition) is 5. The molecule has 3 aliphatic heterocycles. The van der Waals surface area contributed by atoms with E-state index < -0.39 is 6.10 Å². The Kier molecular flexibility index (Phi) is 5.88. The number of piperidine rings is 1. The number of likely N-dealkylation sites (tertiary alicyclic amines) is 2. The summed E-state index contributed by atoms with van der Waals surface area (Å²) in [7, 11) is 0. The molecule has 3 heterocycles. The SMILES string of the molecule is O=C(C(Cc1cc(O)ccc1Cl)CN1CCC2(CC1)OCc1ccccc12)N1CC(O)C1. The zero-order valence-electron chi connectivity index (χ0n) is 18.0. The molecular weight excluding hydrogens is 428 g/mol. The van der Waals surface area contributed by atoms with E-state index in [1.165, 1.54) is 11.1 Å². The third kappa shape index (κ3) is 4.13. The summed E-state index contributed by atoms with van der Waals surface area (Å²) in [6, 6.07) is 13.3. The number of aliphatic hydroxyl groups excluding tert-OH is 1. The molecule has 2 aromatic carbocycles. The van der Waals surface area contributed by atoms with Gasteiger partial charge in [-0.2, -0.15) is 0 Å². The summed E-state index contributed by atoms with van der Waals surface area (Å²) in [5.41, 5.74) is 3.16. The van der Waals surface area contributed by atoms with Crippen molar-refractivity contribution in [2.75, 3.05) is 32.7 Å². The van der Waals surface area contributed by atoms with Crippen LogP contribution in [-0.2, 0) is 28.2 Å². The first-order chi connectivity index (χ1) is 15.4. The van der Waals surface area contributed by atoms with E-state index in [1.807, 2.05) is 0 Å². The minimum Gasteiger partial charge on any atom is -0.508 e. The molecule has 1 unspecified atom stereocenters. The first-order valence-electron chi connectivity index (χ1n) is 11.3. The lowest BCUT2D eigenvalue weighted by atomic mass is 9.83. The summed E-state index contributed by atoms with van der Waals surface area (Å²) in [6.45, 7) is 3.77. The molecule has 32 heavy (non-hydrogen) atoms. The molecule has 2 saturated heterocycles. The number of carbonyl (C=O) groups excluding carboxylic acids is 1. The Morgan fingerprint density at radius 3 is 2.69 bits per heavy atom. The quantitative estimate of drug-likeness (QED) is 0.723. The van der Waals surface area contributed by atoms with Gasteiger partial charge < -0.3 is 24.7 Å². The van der Waals surface area contributed by atoms with Crippen molar-refractivity contribution in [3.63, 3.8) is 0 Å². The predicted octanol–water partition coefficient (Wildman–Crippen LogP) is 2.93. The highest BCUT2D eigenvalue weighted by molar-refractivity contribution is 6.31. The fraction of sp³-hybridized carbons (Fsp3) is 0.480. The number of aromatic hydroxyl groups is 1. The number of β-amino-alcohol motifs (C(OH)–C–C–N with tert-alkyl or cyclic N) is 1. The van der Waals surface area contributed by atoms with Gasteiger partial charge in [-0.15, -0.1) is 0 Å². The number of aliphatic hydroxyl groups is 1. The van der Waals surface area contributed by atoms with Crippen LogP contribution in [0, 0.1) is 5.92 Å². The molecule has 2 N–H and O–H groups in total. The van der Waals surface area contributed by atoms with E-state index in [-0.39, 0.29) is 23.2 Å². The summed E-state index contributed by atoms with van der Waals surface area (Å²) in [6.07, 6.45) is 1.83. The molecule has 7 heteroatoms. The fourth-order valence-corrected chi connectivity index (χ4v) is 5.51. The maximum Gasteiger partial charge on any atom is 0.227 e. The van der Waals surface area contributed by atoms with Crippen molar-refractivity contribution in [3.05, 3.63) is 64.2 Å². The van der Waals surface area contributed by atoms with Crippen LogP contribution >= 0.6 is 11.6 Å². The van der Waals surface area contributed by atoms with Crippen molar-refractivity contribution >= 4 is 17.5 Å². The minimum atomic E-state index is -0.432. The van der Waals surface area contributed by atoms with Gasteiger partial charge in [0.25, 0.3) is 0 Å². The molecule has 0 radical (unpaired) electrons. The highest BCUT2D eigenvalue weighted by Crippen LogP contribution is 2.44. The van der Waals surface area contributed by atoms with Gasteiger partial charge in [0.2, 0.25) is 5.91 Å². The number of phenols is 1. The zero-order chi connectivity index (χ0) is 22.3. The molecule has 170 valence electrons. The second kappa shape index (κ2) is 8.67. The molecule has 0 aromatic heterocycles. The Morgan fingerprint density at radius 1 is 1.19 bits per heavy atom. The molecule has 2 aromatic rings. The smallest absolute Gasteiger partial charge is 0.227 e. The lowest BCUT2D eigenvalue weighted by Gasteiger charge is -2.42. The molecule has 1 spiro atoms. The van der Waals surface area contributed by atoms with Crippen LogP contribution in [0.3, 0.4) is 0 Å². The standard InChI is InChI=1S/C25H29ClN2O4/c26-23-6-5-20(29)12-18(23)11-19(24(31)28-14-21(30)15-28)13-27-9-7-25(8-10-27)22-4-2-1-3-17(22)16-32-25/h1-6,12,19,21,29-30H,7-11,13-16H2. The summed E-state index contributed by atoms with van der Waals surface area (Å²) in [4.78, 5) is 17.3.